The van der Waals surface area contributed by atoms with Crippen LogP contribution in [0, 0.1) is 0 Å². The van der Waals surface area contributed by atoms with Crippen molar-refractivity contribution in [3.8, 4) is 5.75 Å². The van der Waals surface area contributed by atoms with Crippen molar-refractivity contribution < 1.29 is 9.53 Å². The minimum atomic E-state index is -0.151. The highest BCUT2D eigenvalue weighted by molar-refractivity contribution is 6.32. The van der Waals surface area contributed by atoms with Gasteiger partial charge in [0.2, 0.25) is 0 Å². The lowest BCUT2D eigenvalue weighted by atomic mass is 10.0. The molecule has 0 saturated heterocycles. The molecule has 2 rings (SSSR count). The predicted molar refractivity (Wildman–Crippen MR) is 94.3 cm³/mol. The second-order valence-electron chi connectivity index (χ2n) is 5.37. The minimum absolute atomic E-state index is 0.0706. The molecule has 1 N–H and O–H groups in total. The van der Waals surface area contributed by atoms with Crippen LogP contribution in [0.2, 0.25) is 5.02 Å². The normalized spacial score (nSPS) is 11.8. The lowest BCUT2D eigenvalue weighted by Crippen LogP contribution is -2.26. The van der Waals surface area contributed by atoms with Crippen LogP contribution in [0.15, 0.2) is 42.5 Å². The summed E-state index contributed by atoms with van der Waals surface area (Å²) in [6.07, 6.45) is 1.01. The van der Waals surface area contributed by atoms with Crippen molar-refractivity contribution in [1.29, 1.82) is 0 Å². The Hall–Kier alpha value is -2.00. The molecular formula is C19H22ClNO2. The van der Waals surface area contributed by atoms with Gasteiger partial charge in [-0.15, -0.1) is 0 Å². The Labute approximate surface area is 142 Å². The number of hydrogen-bond donors (Lipinski definition) is 1. The molecule has 0 spiro atoms. The van der Waals surface area contributed by atoms with Crippen LogP contribution in [0.4, 0.5) is 0 Å². The highest BCUT2D eigenvalue weighted by Gasteiger charge is 2.13. The number of carbonyl (C=O) groups excluding carboxylic acids is 1. The first-order valence-corrected chi connectivity index (χ1v) is 8.25. The number of nitrogens with one attached hydrogen (secondary N) is 1. The monoisotopic (exact) mass is 331 g/mol. The van der Waals surface area contributed by atoms with E-state index in [1.165, 1.54) is 5.56 Å². The van der Waals surface area contributed by atoms with Crippen molar-refractivity contribution in [3.63, 3.8) is 0 Å². The molecule has 0 saturated carbocycles. The van der Waals surface area contributed by atoms with Gasteiger partial charge in [-0.25, -0.2) is 0 Å². The molecule has 2 aromatic rings. The van der Waals surface area contributed by atoms with Crippen LogP contribution in [0.1, 0.15) is 48.3 Å². The van der Waals surface area contributed by atoms with Crippen molar-refractivity contribution >= 4 is 17.5 Å². The fourth-order valence-electron chi connectivity index (χ4n) is 2.32. The predicted octanol–water partition coefficient (Wildman–Crippen LogP) is 4.79. The number of hydrogen-bond acceptors (Lipinski definition) is 2. The molecule has 4 heteroatoms. The average molecular weight is 332 g/mol. The summed E-state index contributed by atoms with van der Waals surface area (Å²) in [5.41, 5.74) is 2.88. The summed E-state index contributed by atoms with van der Waals surface area (Å²) in [7, 11) is 0. The zero-order valence-electron chi connectivity index (χ0n) is 13.7. The van der Waals surface area contributed by atoms with Gasteiger partial charge in [0.1, 0.15) is 5.75 Å². The SMILES string of the molecule is CCOc1ccc(C(=O)NC(C)c2ccc(CC)cc2)cc1Cl. The Morgan fingerprint density at radius 3 is 2.43 bits per heavy atom. The van der Waals surface area contributed by atoms with Gasteiger partial charge in [-0.1, -0.05) is 42.8 Å². The molecule has 1 amide bonds. The van der Waals surface area contributed by atoms with Gasteiger partial charge < -0.3 is 10.1 Å². The number of carbonyl (C=O) groups is 1. The zero-order chi connectivity index (χ0) is 16.8. The highest BCUT2D eigenvalue weighted by Crippen LogP contribution is 2.25. The van der Waals surface area contributed by atoms with E-state index in [-0.39, 0.29) is 11.9 Å². The van der Waals surface area contributed by atoms with Crippen molar-refractivity contribution in [2.24, 2.45) is 0 Å². The van der Waals surface area contributed by atoms with Crippen molar-refractivity contribution in [1.82, 2.24) is 5.32 Å². The molecule has 0 aliphatic carbocycles. The fraction of sp³-hybridized carbons (Fsp3) is 0.316. The van der Waals surface area contributed by atoms with Crippen LogP contribution in [0.25, 0.3) is 0 Å². The Morgan fingerprint density at radius 2 is 1.87 bits per heavy atom. The van der Waals surface area contributed by atoms with Crippen molar-refractivity contribution in [2.45, 2.75) is 33.2 Å². The first-order valence-electron chi connectivity index (χ1n) is 7.87. The summed E-state index contributed by atoms with van der Waals surface area (Å²) in [6.45, 7) is 6.52. The molecule has 1 unspecified atom stereocenters. The molecule has 0 heterocycles. The van der Waals surface area contributed by atoms with Crippen molar-refractivity contribution in [2.75, 3.05) is 6.61 Å². The molecule has 0 aliphatic rings. The van der Waals surface area contributed by atoms with E-state index in [9.17, 15) is 4.79 Å². The molecule has 0 radical (unpaired) electrons. The van der Waals surface area contributed by atoms with Crippen LogP contribution in [0.3, 0.4) is 0 Å². The smallest absolute Gasteiger partial charge is 0.251 e. The van der Waals surface area contributed by atoms with Gasteiger partial charge in [-0.05, 0) is 49.6 Å². The van der Waals surface area contributed by atoms with Gasteiger partial charge in [0, 0.05) is 5.56 Å². The lowest BCUT2D eigenvalue weighted by Gasteiger charge is -2.15. The largest absolute Gasteiger partial charge is 0.492 e. The highest BCUT2D eigenvalue weighted by atomic mass is 35.5. The summed E-state index contributed by atoms with van der Waals surface area (Å²) in [5, 5.41) is 3.43. The maximum Gasteiger partial charge on any atom is 0.251 e. The number of benzene rings is 2. The molecule has 1 atom stereocenters. The topological polar surface area (TPSA) is 38.3 Å². The number of rotatable bonds is 6. The van der Waals surface area contributed by atoms with Gasteiger partial charge >= 0.3 is 0 Å². The van der Waals surface area contributed by atoms with Crippen LogP contribution in [0.5, 0.6) is 5.75 Å². The first-order chi connectivity index (χ1) is 11.0. The third-order valence-electron chi connectivity index (χ3n) is 3.73. The zero-order valence-corrected chi connectivity index (χ0v) is 14.5. The van der Waals surface area contributed by atoms with E-state index in [1.807, 2.05) is 13.8 Å². The maximum absolute atomic E-state index is 12.4. The van der Waals surface area contributed by atoms with Crippen LogP contribution in [-0.2, 0) is 6.42 Å². The molecule has 122 valence electrons. The average Bonchev–Trinajstić information content (AvgIpc) is 2.56. The maximum atomic E-state index is 12.4. The van der Waals surface area contributed by atoms with Gasteiger partial charge in [-0.2, -0.15) is 0 Å². The molecule has 2 aromatic carbocycles. The minimum Gasteiger partial charge on any atom is -0.492 e. The number of amides is 1. The Bertz CT molecular complexity index is 668. The third kappa shape index (κ3) is 4.49. The molecule has 0 fully saturated rings. The van der Waals surface area contributed by atoms with Gasteiger partial charge in [0.15, 0.2) is 0 Å². The molecule has 0 aliphatic heterocycles. The molecular weight excluding hydrogens is 310 g/mol. The Kier molecular flexibility index (Phi) is 6.05. The van der Waals surface area contributed by atoms with Crippen LogP contribution >= 0.6 is 11.6 Å². The Balaban J connectivity index is 2.06. The van der Waals surface area contributed by atoms with E-state index in [4.69, 9.17) is 16.3 Å². The summed E-state index contributed by atoms with van der Waals surface area (Å²) < 4.78 is 5.38. The van der Waals surface area contributed by atoms with Crippen LogP contribution in [-0.4, -0.2) is 12.5 Å². The summed E-state index contributed by atoms with van der Waals surface area (Å²) in [4.78, 5) is 12.4. The van der Waals surface area contributed by atoms with E-state index in [2.05, 4.69) is 36.5 Å². The van der Waals surface area contributed by atoms with E-state index in [0.717, 1.165) is 12.0 Å². The summed E-state index contributed by atoms with van der Waals surface area (Å²) >= 11 is 6.13. The molecule has 3 nitrogen and oxygen atoms in total. The first kappa shape index (κ1) is 17.4. The second kappa shape index (κ2) is 8.02. The Morgan fingerprint density at radius 1 is 1.17 bits per heavy atom. The molecule has 0 bridgehead atoms. The lowest BCUT2D eigenvalue weighted by molar-refractivity contribution is 0.0940. The molecule has 0 aromatic heterocycles. The third-order valence-corrected chi connectivity index (χ3v) is 4.02. The number of halogens is 1. The summed E-state index contributed by atoms with van der Waals surface area (Å²) in [6, 6.07) is 13.3. The molecule has 23 heavy (non-hydrogen) atoms. The van der Waals surface area contributed by atoms with E-state index in [0.29, 0.717) is 22.9 Å². The van der Waals surface area contributed by atoms with Crippen LogP contribution < -0.4 is 10.1 Å². The standard InChI is InChI=1S/C19H22ClNO2/c1-4-14-6-8-15(9-7-14)13(3)21-19(22)16-10-11-18(23-5-2)17(20)12-16/h6-13H,4-5H2,1-3H3,(H,21,22). The van der Waals surface area contributed by atoms with Gasteiger partial charge in [0.25, 0.3) is 5.91 Å². The fourth-order valence-corrected chi connectivity index (χ4v) is 2.56. The second-order valence-corrected chi connectivity index (χ2v) is 5.78. The van der Waals surface area contributed by atoms with Crippen molar-refractivity contribution in [3.05, 3.63) is 64.2 Å². The quantitative estimate of drug-likeness (QED) is 0.826. The summed E-state index contributed by atoms with van der Waals surface area (Å²) in [5.74, 6) is 0.441. The van der Waals surface area contributed by atoms with Gasteiger partial charge in [0.05, 0.1) is 17.7 Å². The van der Waals surface area contributed by atoms with Gasteiger partial charge in [-0.3, -0.25) is 4.79 Å². The van der Waals surface area contributed by atoms with E-state index >= 15 is 0 Å². The van der Waals surface area contributed by atoms with E-state index in [1.54, 1.807) is 18.2 Å². The number of ether oxygens (including phenoxy) is 1. The van der Waals surface area contributed by atoms with E-state index < -0.39 is 0 Å². The number of aryl methyl sites for hydroxylation is 1.